The standard InChI is InChI=1S/C22H26F3N3O4S/c1-15(22(30)26-2)27(14-16-6-8-17(23)9-7-16)21(29)5-4-12-28(33(3,31)32)18-10-11-19(24)20(25)13-18/h6-11,13,15H,4-5,12,14H2,1-3H3,(H,26,30)/t15-/m1/s1. The van der Waals surface area contributed by atoms with Crippen molar-refractivity contribution >= 4 is 27.5 Å². The first-order valence-corrected chi connectivity index (χ1v) is 12.0. The number of hydrogen-bond donors (Lipinski definition) is 1. The lowest BCUT2D eigenvalue weighted by atomic mass is 10.1. The third kappa shape index (κ3) is 7.21. The monoisotopic (exact) mass is 485 g/mol. The SMILES string of the molecule is CNC(=O)[C@@H](C)N(Cc1ccc(F)cc1)C(=O)CCCN(c1ccc(F)c(F)c1)S(C)(=O)=O. The van der Waals surface area contributed by atoms with Crippen LogP contribution in [0, 0.1) is 17.5 Å². The number of carbonyl (C=O) groups is 2. The van der Waals surface area contributed by atoms with Gasteiger partial charge in [-0.3, -0.25) is 13.9 Å². The Labute approximate surface area is 191 Å². The minimum absolute atomic E-state index is 0.0483. The average Bonchev–Trinajstić information content (AvgIpc) is 2.76. The van der Waals surface area contributed by atoms with E-state index < -0.39 is 45.3 Å². The molecule has 0 aliphatic heterocycles. The van der Waals surface area contributed by atoms with Crippen LogP contribution in [0.15, 0.2) is 42.5 Å². The molecule has 2 amide bonds. The molecule has 7 nitrogen and oxygen atoms in total. The van der Waals surface area contributed by atoms with Gasteiger partial charge in [0, 0.05) is 32.6 Å². The Morgan fingerprint density at radius 2 is 1.67 bits per heavy atom. The molecule has 0 radical (unpaired) electrons. The van der Waals surface area contributed by atoms with Crippen LogP contribution < -0.4 is 9.62 Å². The van der Waals surface area contributed by atoms with Crippen molar-refractivity contribution in [3.8, 4) is 0 Å². The summed E-state index contributed by atoms with van der Waals surface area (Å²) in [5.74, 6) is -3.56. The molecule has 0 saturated carbocycles. The quantitative estimate of drug-likeness (QED) is 0.561. The van der Waals surface area contributed by atoms with E-state index in [1.165, 1.54) is 36.2 Å². The molecule has 0 aromatic heterocycles. The molecule has 1 N–H and O–H groups in total. The van der Waals surface area contributed by atoms with Crippen LogP contribution in [0.2, 0.25) is 0 Å². The predicted octanol–water partition coefficient (Wildman–Crippen LogP) is 2.81. The molecule has 0 spiro atoms. The molecule has 11 heteroatoms. The number of benzene rings is 2. The smallest absolute Gasteiger partial charge is 0.242 e. The largest absolute Gasteiger partial charge is 0.357 e. The van der Waals surface area contributed by atoms with Crippen molar-refractivity contribution in [2.45, 2.75) is 32.4 Å². The normalized spacial score (nSPS) is 12.2. The van der Waals surface area contributed by atoms with Gasteiger partial charge in [0.15, 0.2) is 11.6 Å². The first-order valence-electron chi connectivity index (χ1n) is 10.1. The van der Waals surface area contributed by atoms with Crippen LogP contribution in [0.3, 0.4) is 0 Å². The van der Waals surface area contributed by atoms with Crippen LogP contribution in [-0.2, 0) is 26.2 Å². The zero-order valence-electron chi connectivity index (χ0n) is 18.5. The maximum Gasteiger partial charge on any atom is 0.242 e. The van der Waals surface area contributed by atoms with E-state index in [-0.39, 0.29) is 31.6 Å². The second-order valence-electron chi connectivity index (χ2n) is 7.48. The van der Waals surface area contributed by atoms with Crippen LogP contribution in [0.4, 0.5) is 18.9 Å². The molecular weight excluding hydrogens is 459 g/mol. The van der Waals surface area contributed by atoms with Crippen LogP contribution in [0.1, 0.15) is 25.3 Å². The summed E-state index contributed by atoms with van der Waals surface area (Å²) in [5, 5.41) is 2.47. The van der Waals surface area contributed by atoms with Crippen molar-refractivity contribution < 1.29 is 31.2 Å². The Kier molecular flexibility index (Phi) is 8.86. The molecule has 0 heterocycles. The number of hydrogen-bond acceptors (Lipinski definition) is 4. The Hall–Kier alpha value is -3.08. The minimum atomic E-state index is -3.83. The van der Waals surface area contributed by atoms with Gasteiger partial charge in [-0.25, -0.2) is 21.6 Å². The van der Waals surface area contributed by atoms with Gasteiger partial charge in [-0.05, 0) is 43.2 Å². The maximum atomic E-state index is 13.6. The molecule has 2 aromatic rings. The van der Waals surface area contributed by atoms with E-state index in [4.69, 9.17) is 0 Å². The van der Waals surface area contributed by atoms with Crippen molar-refractivity contribution in [1.82, 2.24) is 10.2 Å². The second kappa shape index (κ2) is 11.2. The van der Waals surface area contributed by atoms with Crippen molar-refractivity contribution in [3.63, 3.8) is 0 Å². The van der Waals surface area contributed by atoms with Gasteiger partial charge in [0.1, 0.15) is 11.9 Å². The number of rotatable bonds is 10. The summed E-state index contributed by atoms with van der Waals surface area (Å²) < 4.78 is 65.3. The molecule has 0 unspecified atom stereocenters. The summed E-state index contributed by atoms with van der Waals surface area (Å²) in [5.41, 5.74) is 0.547. The molecule has 0 aliphatic rings. The zero-order chi connectivity index (χ0) is 24.8. The van der Waals surface area contributed by atoms with Crippen LogP contribution in [0.5, 0.6) is 0 Å². The molecule has 0 aliphatic carbocycles. The number of halogens is 3. The van der Waals surface area contributed by atoms with Gasteiger partial charge < -0.3 is 10.2 Å². The zero-order valence-corrected chi connectivity index (χ0v) is 19.3. The van der Waals surface area contributed by atoms with Crippen LogP contribution in [0.25, 0.3) is 0 Å². The fraction of sp³-hybridized carbons (Fsp3) is 0.364. The highest BCUT2D eigenvalue weighted by molar-refractivity contribution is 7.92. The summed E-state index contributed by atoms with van der Waals surface area (Å²) in [6, 6.07) is 7.39. The average molecular weight is 486 g/mol. The molecule has 180 valence electrons. The fourth-order valence-corrected chi connectivity index (χ4v) is 4.18. The Balaban J connectivity index is 2.15. The van der Waals surface area contributed by atoms with Crippen molar-refractivity contribution in [3.05, 3.63) is 65.5 Å². The lowest BCUT2D eigenvalue weighted by molar-refractivity contribution is -0.140. The highest BCUT2D eigenvalue weighted by Crippen LogP contribution is 2.21. The number of amides is 2. The van der Waals surface area contributed by atoms with Gasteiger partial charge in [0.2, 0.25) is 21.8 Å². The lowest BCUT2D eigenvalue weighted by Gasteiger charge is -2.29. The first-order chi connectivity index (χ1) is 15.4. The van der Waals surface area contributed by atoms with Gasteiger partial charge in [-0.15, -0.1) is 0 Å². The van der Waals surface area contributed by atoms with Crippen LogP contribution >= 0.6 is 0 Å². The van der Waals surface area contributed by atoms with E-state index in [0.717, 1.165) is 28.8 Å². The van der Waals surface area contributed by atoms with E-state index in [1.807, 2.05) is 0 Å². The molecule has 0 saturated heterocycles. The van der Waals surface area contributed by atoms with E-state index in [9.17, 15) is 31.2 Å². The summed E-state index contributed by atoms with van der Waals surface area (Å²) in [6.07, 6.45) is 0.869. The van der Waals surface area contributed by atoms with Gasteiger partial charge in [-0.1, -0.05) is 12.1 Å². The van der Waals surface area contributed by atoms with Gasteiger partial charge in [0.05, 0.1) is 11.9 Å². The van der Waals surface area contributed by atoms with Gasteiger partial charge >= 0.3 is 0 Å². The number of anilines is 1. The molecule has 0 bridgehead atoms. The van der Waals surface area contributed by atoms with Crippen LogP contribution in [-0.4, -0.2) is 51.0 Å². The Morgan fingerprint density at radius 1 is 1.03 bits per heavy atom. The number of carbonyl (C=O) groups excluding carboxylic acids is 2. The number of nitrogens with zero attached hydrogens (tertiary/aromatic N) is 2. The maximum absolute atomic E-state index is 13.6. The Bertz CT molecular complexity index is 1090. The topological polar surface area (TPSA) is 86.8 Å². The molecule has 2 aromatic carbocycles. The minimum Gasteiger partial charge on any atom is -0.357 e. The van der Waals surface area contributed by atoms with E-state index in [2.05, 4.69) is 5.32 Å². The molecule has 0 fully saturated rings. The number of nitrogens with one attached hydrogen (secondary N) is 1. The number of likely N-dealkylation sites (N-methyl/N-ethyl adjacent to an activating group) is 1. The lowest BCUT2D eigenvalue weighted by Crippen LogP contribution is -2.46. The van der Waals surface area contributed by atoms with Crippen molar-refractivity contribution in [2.75, 3.05) is 24.2 Å². The number of sulfonamides is 1. The molecule has 1 atom stereocenters. The van der Waals surface area contributed by atoms with Gasteiger partial charge in [-0.2, -0.15) is 0 Å². The van der Waals surface area contributed by atoms with Gasteiger partial charge in [0.25, 0.3) is 0 Å². The predicted molar refractivity (Wildman–Crippen MR) is 118 cm³/mol. The Morgan fingerprint density at radius 3 is 2.21 bits per heavy atom. The molecule has 2 rings (SSSR count). The summed E-state index contributed by atoms with van der Waals surface area (Å²) in [7, 11) is -2.40. The van der Waals surface area contributed by atoms with Crippen molar-refractivity contribution in [2.24, 2.45) is 0 Å². The highest BCUT2D eigenvalue weighted by Gasteiger charge is 2.26. The summed E-state index contributed by atoms with van der Waals surface area (Å²) in [6.45, 7) is 1.44. The molecule has 33 heavy (non-hydrogen) atoms. The van der Waals surface area contributed by atoms with E-state index in [0.29, 0.717) is 5.56 Å². The third-order valence-corrected chi connectivity index (χ3v) is 6.22. The summed E-state index contributed by atoms with van der Waals surface area (Å²) >= 11 is 0. The highest BCUT2D eigenvalue weighted by atomic mass is 32.2. The first kappa shape index (κ1) is 26.2. The van der Waals surface area contributed by atoms with E-state index >= 15 is 0 Å². The van der Waals surface area contributed by atoms with E-state index in [1.54, 1.807) is 6.92 Å². The second-order valence-corrected chi connectivity index (χ2v) is 9.38. The van der Waals surface area contributed by atoms with Crippen molar-refractivity contribution in [1.29, 1.82) is 0 Å². The molecular formula is C22H26F3N3O4S. The summed E-state index contributed by atoms with van der Waals surface area (Å²) in [4.78, 5) is 26.4. The third-order valence-electron chi connectivity index (χ3n) is 5.02. The fourth-order valence-electron chi connectivity index (χ4n) is 3.22.